The van der Waals surface area contributed by atoms with Crippen molar-refractivity contribution in [3.63, 3.8) is 0 Å². The molecule has 0 radical (unpaired) electrons. The van der Waals surface area contributed by atoms with Crippen molar-refractivity contribution >= 4 is 0 Å². The first-order chi connectivity index (χ1) is 8.28. The predicted molar refractivity (Wildman–Crippen MR) is 67.3 cm³/mol. The largest absolute Gasteiger partial charge is 0.489 e. The fourth-order valence-electron chi connectivity index (χ4n) is 1.96. The standard InChI is InChI=1S/C12H22N4O/c1-3-16-11-12(10-13-16)17-9-8-15-6-4-14(2)5-7-15/h10-11H,3-9H2,1-2H3. The van der Waals surface area contributed by atoms with Gasteiger partial charge in [-0.15, -0.1) is 0 Å². The minimum Gasteiger partial charge on any atom is -0.489 e. The van der Waals surface area contributed by atoms with Crippen LogP contribution < -0.4 is 4.74 Å². The average molecular weight is 238 g/mol. The van der Waals surface area contributed by atoms with E-state index in [0.29, 0.717) is 0 Å². The lowest BCUT2D eigenvalue weighted by atomic mass is 10.3. The van der Waals surface area contributed by atoms with Gasteiger partial charge in [0.2, 0.25) is 0 Å². The highest BCUT2D eigenvalue weighted by Crippen LogP contribution is 2.08. The highest BCUT2D eigenvalue weighted by Gasteiger charge is 2.13. The van der Waals surface area contributed by atoms with Crippen molar-refractivity contribution in [3.8, 4) is 5.75 Å². The molecule has 1 aromatic heterocycles. The first kappa shape index (κ1) is 12.4. The summed E-state index contributed by atoms with van der Waals surface area (Å²) in [5.74, 6) is 0.876. The van der Waals surface area contributed by atoms with Gasteiger partial charge in [0.25, 0.3) is 0 Å². The highest BCUT2D eigenvalue weighted by atomic mass is 16.5. The summed E-state index contributed by atoms with van der Waals surface area (Å²) >= 11 is 0. The molecule has 2 heterocycles. The van der Waals surface area contributed by atoms with Gasteiger partial charge in [-0.1, -0.05) is 0 Å². The third-order valence-electron chi connectivity index (χ3n) is 3.21. The Morgan fingerprint density at radius 1 is 1.29 bits per heavy atom. The maximum atomic E-state index is 5.68. The number of hydrogen-bond donors (Lipinski definition) is 0. The molecule has 0 amide bonds. The molecule has 96 valence electrons. The summed E-state index contributed by atoms with van der Waals surface area (Å²) in [6, 6.07) is 0. The van der Waals surface area contributed by atoms with Crippen LogP contribution in [0.1, 0.15) is 6.92 Å². The third kappa shape index (κ3) is 3.71. The molecule has 1 aromatic rings. The topological polar surface area (TPSA) is 33.5 Å². The van der Waals surface area contributed by atoms with Crippen LogP contribution in [0.5, 0.6) is 5.75 Å². The molecule has 1 aliphatic heterocycles. The molecule has 0 saturated carbocycles. The molecule has 0 unspecified atom stereocenters. The van der Waals surface area contributed by atoms with Crippen LogP contribution >= 0.6 is 0 Å². The van der Waals surface area contributed by atoms with E-state index in [0.717, 1.165) is 51.6 Å². The van der Waals surface area contributed by atoms with Crippen LogP contribution in [0, 0.1) is 0 Å². The van der Waals surface area contributed by atoms with Gasteiger partial charge in [-0.05, 0) is 14.0 Å². The maximum absolute atomic E-state index is 5.68. The van der Waals surface area contributed by atoms with E-state index < -0.39 is 0 Å². The molecule has 17 heavy (non-hydrogen) atoms. The van der Waals surface area contributed by atoms with Crippen LogP contribution in [-0.2, 0) is 6.54 Å². The molecule has 0 atom stereocenters. The van der Waals surface area contributed by atoms with Crippen LogP contribution in [0.25, 0.3) is 0 Å². The lowest BCUT2D eigenvalue weighted by Crippen LogP contribution is -2.45. The van der Waals surface area contributed by atoms with Crippen molar-refractivity contribution in [2.45, 2.75) is 13.5 Å². The van der Waals surface area contributed by atoms with Gasteiger partial charge in [0.15, 0.2) is 5.75 Å². The van der Waals surface area contributed by atoms with E-state index in [-0.39, 0.29) is 0 Å². The van der Waals surface area contributed by atoms with Gasteiger partial charge in [-0.2, -0.15) is 5.10 Å². The summed E-state index contributed by atoms with van der Waals surface area (Å²) < 4.78 is 7.56. The zero-order valence-electron chi connectivity index (χ0n) is 10.8. The summed E-state index contributed by atoms with van der Waals surface area (Å²) in [5, 5.41) is 4.18. The molecule has 2 rings (SSSR count). The minimum absolute atomic E-state index is 0.749. The van der Waals surface area contributed by atoms with Gasteiger partial charge < -0.3 is 9.64 Å². The predicted octanol–water partition coefficient (Wildman–Crippen LogP) is 0.529. The minimum atomic E-state index is 0.749. The Morgan fingerprint density at radius 2 is 2.06 bits per heavy atom. The van der Waals surface area contributed by atoms with Crippen molar-refractivity contribution in [1.29, 1.82) is 0 Å². The number of aromatic nitrogens is 2. The summed E-state index contributed by atoms with van der Waals surface area (Å²) in [6.45, 7) is 9.33. The first-order valence-electron chi connectivity index (χ1n) is 6.34. The van der Waals surface area contributed by atoms with E-state index >= 15 is 0 Å². The van der Waals surface area contributed by atoms with Crippen molar-refractivity contribution < 1.29 is 4.74 Å². The quantitative estimate of drug-likeness (QED) is 0.749. The summed E-state index contributed by atoms with van der Waals surface area (Å²) in [4.78, 5) is 4.81. The van der Waals surface area contributed by atoms with E-state index in [9.17, 15) is 0 Å². The summed E-state index contributed by atoms with van der Waals surface area (Å²) in [6.07, 6.45) is 3.73. The molecule has 1 aliphatic rings. The Morgan fingerprint density at radius 3 is 2.71 bits per heavy atom. The number of likely N-dealkylation sites (N-methyl/N-ethyl adjacent to an activating group) is 1. The molecule has 1 saturated heterocycles. The average Bonchev–Trinajstić information content (AvgIpc) is 2.80. The molecule has 0 N–H and O–H groups in total. The second-order valence-electron chi connectivity index (χ2n) is 4.53. The lowest BCUT2D eigenvalue weighted by molar-refractivity contribution is 0.133. The lowest BCUT2D eigenvalue weighted by Gasteiger charge is -2.32. The number of aryl methyl sites for hydroxylation is 1. The van der Waals surface area contributed by atoms with E-state index in [1.165, 1.54) is 0 Å². The molecule has 0 aliphatic carbocycles. The van der Waals surface area contributed by atoms with Crippen molar-refractivity contribution in [2.24, 2.45) is 0 Å². The molecule has 1 fully saturated rings. The number of piperazine rings is 1. The molecule has 0 aromatic carbocycles. The highest BCUT2D eigenvalue weighted by molar-refractivity contribution is 5.11. The molecular weight excluding hydrogens is 216 g/mol. The van der Waals surface area contributed by atoms with Crippen LogP contribution in [0.4, 0.5) is 0 Å². The van der Waals surface area contributed by atoms with Crippen molar-refractivity contribution in [3.05, 3.63) is 12.4 Å². The number of nitrogens with zero attached hydrogens (tertiary/aromatic N) is 4. The normalized spacial score (nSPS) is 18.5. The second-order valence-corrected chi connectivity index (χ2v) is 4.53. The molecule has 0 spiro atoms. The molecule has 5 heteroatoms. The molecule has 0 bridgehead atoms. The fraction of sp³-hybridized carbons (Fsp3) is 0.750. The second kappa shape index (κ2) is 6.02. The van der Waals surface area contributed by atoms with Crippen molar-refractivity contribution in [1.82, 2.24) is 19.6 Å². The third-order valence-corrected chi connectivity index (χ3v) is 3.21. The Bertz CT molecular complexity index is 331. The monoisotopic (exact) mass is 238 g/mol. The Hall–Kier alpha value is -1.07. The summed E-state index contributed by atoms with van der Waals surface area (Å²) in [7, 11) is 2.17. The number of rotatable bonds is 5. The Kier molecular flexibility index (Phi) is 4.39. The van der Waals surface area contributed by atoms with E-state index in [2.05, 4.69) is 28.9 Å². The fourth-order valence-corrected chi connectivity index (χ4v) is 1.96. The first-order valence-corrected chi connectivity index (χ1v) is 6.34. The zero-order valence-corrected chi connectivity index (χ0v) is 10.8. The smallest absolute Gasteiger partial charge is 0.157 e. The zero-order chi connectivity index (χ0) is 12.1. The van der Waals surface area contributed by atoms with E-state index in [1.807, 2.05) is 10.9 Å². The number of hydrogen-bond acceptors (Lipinski definition) is 4. The van der Waals surface area contributed by atoms with Gasteiger partial charge in [0.05, 0.1) is 12.4 Å². The van der Waals surface area contributed by atoms with Crippen LogP contribution in [0.15, 0.2) is 12.4 Å². The van der Waals surface area contributed by atoms with E-state index in [4.69, 9.17) is 4.74 Å². The molecular formula is C12H22N4O. The Labute approximate surface area is 103 Å². The molecule has 5 nitrogen and oxygen atoms in total. The van der Waals surface area contributed by atoms with Crippen LogP contribution in [0.3, 0.4) is 0 Å². The van der Waals surface area contributed by atoms with Gasteiger partial charge >= 0.3 is 0 Å². The van der Waals surface area contributed by atoms with Crippen LogP contribution in [0.2, 0.25) is 0 Å². The van der Waals surface area contributed by atoms with Gasteiger partial charge in [-0.3, -0.25) is 9.58 Å². The Balaban J connectivity index is 1.65. The van der Waals surface area contributed by atoms with E-state index in [1.54, 1.807) is 6.20 Å². The SMILES string of the molecule is CCn1cc(OCCN2CCN(C)CC2)cn1. The van der Waals surface area contributed by atoms with Gasteiger partial charge in [0, 0.05) is 39.3 Å². The summed E-state index contributed by atoms with van der Waals surface area (Å²) in [5.41, 5.74) is 0. The van der Waals surface area contributed by atoms with Gasteiger partial charge in [-0.25, -0.2) is 0 Å². The maximum Gasteiger partial charge on any atom is 0.157 e. The number of ether oxygens (including phenoxy) is 1. The van der Waals surface area contributed by atoms with Crippen molar-refractivity contribution in [2.75, 3.05) is 46.4 Å². The van der Waals surface area contributed by atoms with Crippen LogP contribution in [-0.4, -0.2) is 66.0 Å². The van der Waals surface area contributed by atoms with Gasteiger partial charge in [0.1, 0.15) is 6.61 Å².